The standard InChI is InChI=1S/C20H16FN3O/c1-13-6-7-17(10-14(13)2)23-20(25)19-15(12-22)8-9-24(19)18-5-3-4-16(21)11-18/h3-11H,1-2H3,(H,23,25). The third kappa shape index (κ3) is 3.29. The number of nitrogens with one attached hydrogen (secondary N) is 1. The summed E-state index contributed by atoms with van der Waals surface area (Å²) in [5.41, 5.74) is 3.70. The number of aromatic nitrogens is 1. The van der Waals surface area contributed by atoms with E-state index in [1.165, 1.54) is 16.7 Å². The van der Waals surface area contributed by atoms with Gasteiger partial charge in [-0.25, -0.2) is 4.39 Å². The van der Waals surface area contributed by atoms with Gasteiger partial charge in [0.05, 0.1) is 5.56 Å². The van der Waals surface area contributed by atoms with Gasteiger partial charge in [0, 0.05) is 17.6 Å². The molecule has 1 aromatic heterocycles. The molecule has 4 nitrogen and oxygen atoms in total. The smallest absolute Gasteiger partial charge is 0.274 e. The lowest BCUT2D eigenvalue weighted by Crippen LogP contribution is -2.17. The van der Waals surface area contributed by atoms with Gasteiger partial charge in [-0.3, -0.25) is 4.79 Å². The predicted octanol–water partition coefficient (Wildman–Crippen LogP) is 4.36. The Balaban J connectivity index is 2.01. The van der Waals surface area contributed by atoms with Crippen molar-refractivity contribution in [1.82, 2.24) is 4.57 Å². The normalized spacial score (nSPS) is 10.3. The van der Waals surface area contributed by atoms with Crippen molar-refractivity contribution in [2.24, 2.45) is 0 Å². The Labute approximate surface area is 145 Å². The maximum absolute atomic E-state index is 13.5. The fourth-order valence-electron chi connectivity index (χ4n) is 2.60. The van der Waals surface area contributed by atoms with E-state index in [0.717, 1.165) is 11.1 Å². The molecule has 0 aliphatic carbocycles. The Hall–Kier alpha value is -3.39. The van der Waals surface area contributed by atoms with Crippen LogP contribution in [0.5, 0.6) is 0 Å². The minimum Gasteiger partial charge on any atom is -0.321 e. The summed E-state index contributed by atoms with van der Waals surface area (Å²) < 4.78 is 15.0. The van der Waals surface area contributed by atoms with Crippen molar-refractivity contribution in [3.05, 3.63) is 82.9 Å². The van der Waals surface area contributed by atoms with Gasteiger partial charge < -0.3 is 9.88 Å². The molecule has 0 atom stereocenters. The Morgan fingerprint density at radius 3 is 2.60 bits per heavy atom. The van der Waals surface area contributed by atoms with Crippen LogP contribution >= 0.6 is 0 Å². The molecule has 1 heterocycles. The van der Waals surface area contributed by atoms with Crippen LogP contribution < -0.4 is 5.32 Å². The summed E-state index contributed by atoms with van der Waals surface area (Å²) in [5, 5.41) is 12.1. The molecule has 1 amide bonds. The van der Waals surface area contributed by atoms with Gasteiger partial charge in [0.25, 0.3) is 5.91 Å². The molecular formula is C20H16FN3O. The first kappa shape index (κ1) is 16.5. The van der Waals surface area contributed by atoms with E-state index in [9.17, 15) is 14.4 Å². The van der Waals surface area contributed by atoms with Crippen LogP contribution in [0.15, 0.2) is 54.7 Å². The summed E-state index contributed by atoms with van der Waals surface area (Å²) in [4.78, 5) is 12.8. The third-order valence-electron chi connectivity index (χ3n) is 4.07. The van der Waals surface area contributed by atoms with E-state index in [-0.39, 0.29) is 11.3 Å². The van der Waals surface area contributed by atoms with Crippen molar-refractivity contribution >= 4 is 11.6 Å². The molecule has 0 saturated heterocycles. The van der Waals surface area contributed by atoms with Crippen LogP contribution in [0.1, 0.15) is 27.2 Å². The molecule has 0 spiro atoms. The highest BCUT2D eigenvalue weighted by Gasteiger charge is 2.19. The molecule has 2 aromatic carbocycles. The highest BCUT2D eigenvalue weighted by molar-refractivity contribution is 6.05. The van der Waals surface area contributed by atoms with Crippen LogP contribution in [0.3, 0.4) is 0 Å². The van der Waals surface area contributed by atoms with Crippen LogP contribution in [0.4, 0.5) is 10.1 Å². The van der Waals surface area contributed by atoms with Gasteiger partial charge >= 0.3 is 0 Å². The molecular weight excluding hydrogens is 317 g/mol. The number of nitrogens with zero attached hydrogens (tertiary/aromatic N) is 2. The first-order valence-electron chi connectivity index (χ1n) is 7.75. The van der Waals surface area contributed by atoms with Gasteiger partial charge in [0.1, 0.15) is 17.6 Å². The molecule has 124 valence electrons. The molecule has 0 aliphatic heterocycles. The number of hydrogen-bond acceptors (Lipinski definition) is 2. The topological polar surface area (TPSA) is 57.8 Å². The minimum absolute atomic E-state index is 0.173. The predicted molar refractivity (Wildman–Crippen MR) is 94.3 cm³/mol. The van der Waals surface area contributed by atoms with E-state index in [4.69, 9.17) is 0 Å². The number of carbonyl (C=O) groups is 1. The lowest BCUT2D eigenvalue weighted by molar-refractivity contribution is 0.102. The maximum Gasteiger partial charge on any atom is 0.274 e. The zero-order valence-electron chi connectivity index (χ0n) is 13.9. The summed E-state index contributed by atoms with van der Waals surface area (Å²) in [6.07, 6.45) is 1.59. The molecule has 3 rings (SSSR count). The summed E-state index contributed by atoms with van der Waals surface area (Å²) in [5.74, 6) is -0.834. The molecule has 0 saturated carbocycles. The van der Waals surface area contributed by atoms with E-state index in [1.807, 2.05) is 38.1 Å². The number of amides is 1. The van der Waals surface area contributed by atoms with Gasteiger partial charge in [-0.05, 0) is 61.4 Å². The minimum atomic E-state index is -0.422. The second kappa shape index (κ2) is 6.62. The number of anilines is 1. The zero-order valence-corrected chi connectivity index (χ0v) is 13.9. The summed E-state index contributed by atoms with van der Waals surface area (Å²) in [6, 6.07) is 15.0. The van der Waals surface area contributed by atoms with Crippen molar-refractivity contribution in [3.63, 3.8) is 0 Å². The number of aryl methyl sites for hydroxylation is 2. The van der Waals surface area contributed by atoms with Crippen LogP contribution in [0.2, 0.25) is 0 Å². The Morgan fingerprint density at radius 2 is 1.92 bits per heavy atom. The second-order valence-electron chi connectivity index (χ2n) is 5.79. The number of halogens is 1. The van der Waals surface area contributed by atoms with Crippen molar-refractivity contribution in [2.75, 3.05) is 5.32 Å². The van der Waals surface area contributed by atoms with E-state index in [1.54, 1.807) is 24.4 Å². The molecule has 5 heteroatoms. The first-order chi connectivity index (χ1) is 12.0. The average Bonchev–Trinajstić information content (AvgIpc) is 3.02. The maximum atomic E-state index is 13.5. The van der Waals surface area contributed by atoms with E-state index >= 15 is 0 Å². The van der Waals surface area contributed by atoms with Gasteiger partial charge in [-0.1, -0.05) is 12.1 Å². The number of benzene rings is 2. The van der Waals surface area contributed by atoms with E-state index < -0.39 is 11.7 Å². The highest BCUT2D eigenvalue weighted by atomic mass is 19.1. The fourth-order valence-corrected chi connectivity index (χ4v) is 2.60. The van der Waals surface area contributed by atoms with Gasteiger partial charge in [0.15, 0.2) is 0 Å². The fraction of sp³-hybridized carbons (Fsp3) is 0.100. The summed E-state index contributed by atoms with van der Waals surface area (Å²) in [7, 11) is 0. The van der Waals surface area contributed by atoms with Crippen molar-refractivity contribution < 1.29 is 9.18 Å². The third-order valence-corrected chi connectivity index (χ3v) is 4.07. The lowest BCUT2D eigenvalue weighted by atomic mass is 10.1. The quantitative estimate of drug-likeness (QED) is 0.774. The van der Waals surface area contributed by atoms with Gasteiger partial charge in [-0.2, -0.15) is 5.26 Å². The van der Waals surface area contributed by atoms with Crippen LogP contribution in [-0.2, 0) is 0 Å². The molecule has 3 aromatic rings. The lowest BCUT2D eigenvalue weighted by Gasteiger charge is -2.11. The Bertz CT molecular complexity index is 998. The number of hydrogen-bond donors (Lipinski definition) is 1. The van der Waals surface area contributed by atoms with Crippen molar-refractivity contribution in [3.8, 4) is 11.8 Å². The van der Waals surface area contributed by atoms with Crippen LogP contribution in [-0.4, -0.2) is 10.5 Å². The molecule has 0 unspecified atom stereocenters. The van der Waals surface area contributed by atoms with Gasteiger partial charge in [0.2, 0.25) is 0 Å². The summed E-state index contributed by atoms with van der Waals surface area (Å²) in [6.45, 7) is 3.95. The molecule has 0 bridgehead atoms. The Morgan fingerprint density at radius 1 is 1.12 bits per heavy atom. The zero-order chi connectivity index (χ0) is 18.0. The molecule has 0 fully saturated rings. The SMILES string of the molecule is Cc1ccc(NC(=O)c2c(C#N)ccn2-c2cccc(F)c2)cc1C. The number of carbonyl (C=O) groups excluding carboxylic acids is 1. The first-order valence-corrected chi connectivity index (χ1v) is 7.75. The molecule has 0 aliphatic rings. The highest BCUT2D eigenvalue weighted by Crippen LogP contribution is 2.20. The van der Waals surface area contributed by atoms with Crippen LogP contribution in [0, 0.1) is 31.0 Å². The second-order valence-corrected chi connectivity index (χ2v) is 5.79. The van der Waals surface area contributed by atoms with Crippen molar-refractivity contribution in [2.45, 2.75) is 13.8 Å². The van der Waals surface area contributed by atoms with Gasteiger partial charge in [-0.15, -0.1) is 0 Å². The number of nitriles is 1. The molecule has 1 N–H and O–H groups in total. The monoisotopic (exact) mass is 333 g/mol. The largest absolute Gasteiger partial charge is 0.321 e. The van der Waals surface area contributed by atoms with E-state index in [0.29, 0.717) is 11.4 Å². The number of rotatable bonds is 3. The van der Waals surface area contributed by atoms with Crippen molar-refractivity contribution in [1.29, 1.82) is 5.26 Å². The average molecular weight is 333 g/mol. The Kier molecular flexibility index (Phi) is 4.36. The molecule has 25 heavy (non-hydrogen) atoms. The van der Waals surface area contributed by atoms with E-state index in [2.05, 4.69) is 5.32 Å². The summed E-state index contributed by atoms with van der Waals surface area (Å²) >= 11 is 0. The van der Waals surface area contributed by atoms with Crippen LogP contribution in [0.25, 0.3) is 5.69 Å². The molecule has 0 radical (unpaired) electrons.